The van der Waals surface area contributed by atoms with Crippen LogP contribution in [0.5, 0.6) is 0 Å². The zero-order valence-corrected chi connectivity index (χ0v) is 13.5. The van der Waals surface area contributed by atoms with Gasteiger partial charge < -0.3 is 14.8 Å². The molecule has 2 unspecified atom stereocenters. The molecule has 0 bridgehead atoms. The summed E-state index contributed by atoms with van der Waals surface area (Å²) in [7, 11) is 1.64. The number of carbonyl (C=O) groups excluding carboxylic acids is 2. The van der Waals surface area contributed by atoms with Gasteiger partial charge in [0.05, 0.1) is 18.1 Å². The third-order valence-electron chi connectivity index (χ3n) is 4.00. The Labute approximate surface area is 139 Å². The van der Waals surface area contributed by atoms with E-state index in [9.17, 15) is 18.4 Å². The van der Waals surface area contributed by atoms with Crippen molar-refractivity contribution >= 4 is 11.9 Å². The van der Waals surface area contributed by atoms with Crippen LogP contribution in [0, 0.1) is 11.6 Å². The van der Waals surface area contributed by atoms with Crippen molar-refractivity contribution in [3.05, 3.63) is 35.4 Å². The van der Waals surface area contributed by atoms with Gasteiger partial charge in [0.1, 0.15) is 17.7 Å². The fourth-order valence-electron chi connectivity index (χ4n) is 2.71. The number of hydrogen-bond acceptors (Lipinski definition) is 4. The second-order valence-corrected chi connectivity index (χ2v) is 5.77. The maximum atomic E-state index is 13.5. The van der Waals surface area contributed by atoms with Crippen molar-refractivity contribution in [2.45, 2.75) is 44.3 Å². The van der Waals surface area contributed by atoms with E-state index in [0.717, 1.165) is 31.4 Å². The number of benzene rings is 1. The molecule has 0 saturated heterocycles. The van der Waals surface area contributed by atoms with Crippen LogP contribution < -0.4 is 5.32 Å². The van der Waals surface area contributed by atoms with Crippen LogP contribution in [-0.2, 0) is 14.3 Å². The molecule has 7 heteroatoms. The highest BCUT2D eigenvalue weighted by Crippen LogP contribution is 2.23. The van der Waals surface area contributed by atoms with Crippen molar-refractivity contribution in [1.29, 1.82) is 0 Å². The van der Waals surface area contributed by atoms with Gasteiger partial charge in [0.2, 0.25) is 0 Å². The minimum Gasteiger partial charge on any atom is -0.462 e. The molecule has 0 heterocycles. The normalized spacial score (nSPS) is 20.5. The lowest BCUT2D eigenvalue weighted by atomic mass is 9.95. The van der Waals surface area contributed by atoms with E-state index in [1.54, 1.807) is 7.11 Å². The molecule has 1 saturated carbocycles. The first-order chi connectivity index (χ1) is 11.5. The lowest BCUT2D eigenvalue weighted by molar-refractivity contribution is -0.152. The Morgan fingerprint density at radius 2 is 2.00 bits per heavy atom. The van der Waals surface area contributed by atoms with Crippen LogP contribution in [0.15, 0.2) is 18.2 Å². The Balaban J connectivity index is 1.73. The first-order valence-corrected chi connectivity index (χ1v) is 7.95. The highest BCUT2D eigenvalue weighted by atomic mass is 19.1. The number of amides is 1. The van der Waals surface area contributed by atoms with E-state index in [1.807, 2.05) is 0 Å². The Hall–Kier alpha value is -2.02. The average Bonchev–Trinajstić information content (AvgIpc) is 2.54. The van der Waals surface area contributed by atoms with Gasteiger partial charge in [-0.2, -0.15) is 0 Å². The molecule has 1 N–H and O–H groups in total. The standard InChI is InChI=1S/C17H21F2NO4/c1-23-12-3-2-4-13(10-12)24-16(21)7-8-20-17(22)14-6-5-11(18)9-15(14)19/h5-6,9,12-13H,2-4,7-8,10H2,1H3,(H,20,22). The molecule has 2 rings (SSSR count). The molecule has 1 aliphatic carbocycles. The van der Waals surface area contributed by atoms with Crippen LogP contribution in [0.1, 0.15) is 42.5 Å². The molecule has 0 spiro atoms. The molecular weight excluding hydrogens is 320 g/mol. The van der Waals surface area contributed by atoms with Crippen LogP contribution in [-0.4, -0.2) is 37.7 Å². The van der Waals surface area contributed by atoms with Crippen molar-refractivity contribution in [3.8, 4) is 0 Å². The SMILES string of the molecule is COC1CCCC(OC(=O)CCNC(=O)c2ccc(F)cc2F)C1. The number of hydrogen-bond donors (Lipinski definition) is 1. The van der Waals surface area contributed by atoms with Crippen molar-refractivity contribution < 1.29 is 27.8 Å². The highest BCUT2D eigenvalue weighted by molar-refractivity contribution is 5.94. The fraction of sp³-hybridized carbons (Fsp3) is 0.529. The number of methoxy groups -OCH3 is 1. The van der Waals surface area contributed by atoms with E-state index in [1.165, 1.54) is 0 Å². The molecule has 1 fully saturated rings. The summed E-state index contributed by atoms with van der Waals surface area (Å²) in [6.07, 6.45) is 3.32. The van der Waals surface area contributed by atoms with Gasteiger partial charge in [0.25, 0.3) is 5.91 Å². The zero-order valence-electron chi connectivity index (χ0n) is 13.5. The summed E-state index contributed by atoms with van der Waals surface area (Å²) in [5.74, 6) is -2.81. The quantitative estimate of drug-likeness (QED) is 0.808. The lowest BCUT2D eigenvalue weighted by Crippen LogP contribution is -2.31. The molecule has 0 radical (unpaired) electrons. The summed E-state index contributed by atoms with van der Waals surface area (Å²) in [6, 6.07) is 2.70. The Kier molecular flexibility index (Phi) is 6.66. The monoisotopic (exact) mass is 341 g/mol. The second-order valence-electron chi connectivity index (χ2n) is 5.77. The van der Waals surface area contributed by atoms with Crippen molar-refractivity contribution in [2.24, 2.45) is 0 Å². The molecule has 24 heavy (non-hydrogen) atoms. The van der Waals surface area contributed by atoms with Crippen LogP contribution >= 0.6 is 0 Å². The molecule has 5 nitrogen and oxygen atoms in total. The van der Waals surface area contributed by atoms with Gasteiger partial charge in [-0.1, -0.05) is 0 Å². The van der Waals surface area contributed by atoms with E-state index in [-0.39, 0.29) is 30.7 Å². The smallest absolute Gasteiger partial charge is 0.307 e. The minimum absolute atomic E-state index is 0.0112. The summed E-state index contributed by atoms with van der Waals surface area (Å²) in [6.45, 7) is 0.0227. The topological polar surface area (TPSA) is 64.6 Å². The molecule has 1 amide bonds. The third-order valence-corrected chi connectivity index (χ3v) is 4.00. The van der Waals surface area contributed by atoms with Gasteiger partial charge in [-0.05, 0) is 31.4 Å². The number of carbonyl (C=O) groups is 2. The van der Waals surface area contributed by atoms with E-state index in [4.69, 9.17) is 9.47 Å². The van der Waals surface area contributed by atoms with Crippen molar-refractivity contribution in [1.82, 2.24) is 5.32 Å². The predicted octanol–water partition coefficient (Wildman–Crippen LogP) is 2.59. The molecule has 1 aromatic carbocycles. The van der Waals surface area contributed by atoms with Crippen LogP contribution in [0.25, 0.3) is 0 Å². The molecule has 0 aliphatic heterocycles. The molecule has 1 aromatic rings. The van der Waals surface area contributed by atoms with Gasteiger partial charge in [-0.25, -0.2) is 8.78 Å². The first kappa shape index (κ1) is 18.3. The number of ether oxygens (including phenoxy) is 2. The molecule has 132 valence electrons. The maximum Gasteiger partial charge on any atom is 0.307 e. The third kappa shape index (κ3) is 5.26. The Bertz CT molecular complexity index is 594. The van der Waals surface area contributed by atoms with Gasteiger partial charge in [0, 0.05) is 26.1 Å². The lowest BCUT2D eigenvalue weighted by Gasteiger charge is -2.27. The van der Waals surface area contributed by atoms with E-state index < -0.39 is 23.5 Å². The molecule has 2 atom stereocenters. The highest BCUT2D eigenvalue weighted by Gasteiger charge is 2.24. The minimum atomic E-state index is -0.942. The average molecular weight is 341 g/mol. The Morgan fingerprint density at radius 3 is 2.71 bits per heavy atom. The first-order valence-electron chi connectivity index (χ1n) is 7.95. The van der Waals surface area contributed by atoms with Crippen molar-refractivity contribution in [2.75, 3.05) is 13.7 Å². The summed E-state index contributed by atoms with van der Waals surface area (Å²) in [5.41, 5.74) is -0.264. The fourth-order valence-corrected chi connectivity index (χ4v) is 2.71. The summed E-state index contributed by atoms with van der Waals surface area (Å²) in [4.78, 5) is 23.6. The molecular formula is C17H21F2NO4. The van der Waals surface area contributed by atoms with Crippen molar-refractivity contribution in [3.63, 3.8) is 0 Å². The molecule has 0 aromatic heterocycles. The molecule has 1 aliphatic rings. The zero-order chi connectivity index (χ0) is 17.5. The van der Waals surface area contributed by atoms with E-state index >= 15 is 0 Å². The van der Waals surface area contributed by atoms with Gasteiger partial charge in [0.15, 0.2) is 0 Å². The Morgan fingerprint density at radius 1 is 1.25 bits per heavy atom. The van der Waals surface area contributed by atoms with Gasteiger partial charge in [-0.3, -0.25) is 9.59 Å². The largest absolute Gasteiger partial charge is 0.462 e. The maximum absolute atomic E-state index is 13.5. The summed E-state index contributed by atoms with van der Waals surface area (Å²) in [5, 5.41) is 2.42. The second kappa shape index (κ2) is 8.73. The van der Waals surface area contributed by atoms with Gasteiger partial charge in [-0.15, -0.1) is 0 Å². The number of rotatable bonds is 6. The van der Waals surface area contributed by atoms with Crippen LogP contribution in [0.2, 0.25) is 0 Å². The van der Waals surface area contributed by atoms with Crippen LogP contribution in [0.4, 0.5) is 8.78 Å². The summed E-state index contributed by atoms with van der Waals surface area (Å²) >= 11 is 0. The number of esters is 1. The summed E-state index contributed by atoms with van der Waals surface area (Å²) < 4.78 is 36.9. The predicted molar refractivity (Wildman–Crippen MR) is 82.5 cm³/mol. The van der Waals surface area contributed by atoms with Gasteiger partial charge >= 0.3 is 5.97 Å². The number of nitrogens with one attached hydrogen (secondary N) is 1. The van der Waals surface area contributed by atoms with Crippen LogP contribution in [0.3, 0.4) is 0 Å². The number of halogens is 2. The van der Waals surface area contributed by atoms with E-state index in [0.29, 0.717) is 12.5 Å². The van der Waals surface area contributed by atoms with E-state index in [2.05, 4.69) is 5.32 Å².